The van der Waals surface area contributed by atoms with Crippen molar-refractivity contribution < 1.29 is 4.79 Å². The molecule has 0 spiro atoms. The molecular weight excluding hydrogens is 260 g/mol. The largest absolute Gasteiger partial charge is 0.399 e. The molecule has 1 heterocycles. The van der Waals surface area contributed by atoms with E-state index >= 15 is 0 Å². The molecule has 2 aromatic rings. The van der Waals surface area contributed by atoms with Gasteiger partial charge in [-0.25, -0.2) is 0 Å². The van der Waals surface area contributed by atoms with Crippen molar-refractivity contribution in [2.75, 3.05) is 12.3 Å². The summed E-state index contributed by atoms with van der Waals surface area (Å²) in [6, 6.07) is 10.9. The predicted octanol–water partition coefficient (Wildman–Crippen LogP) is 1.96. The normalized spacial score (nSPS) is 10.2. The Labute approximate surface area is 115 Å². The van der Waals surface area contributed by atoms with E-state index in [-0.39, 0.29) is 5.91 Å². The Bertz CT molecular complexity index is 554. The first-order valence-electron chi connectivity index (χ1n) is 5.84. The number of aromatic nitrogens is 2. The molecule has 0 bridgehead atoms. The highest BCUT2D eigenvalue weighted by Crippen LogP contribution is 2.25. The lowest BCUT2D eigenvalue weighted by molar-refractivity contribution is 0.0949. The number of benzene rings is 1. The molecule has 98 valence electrons. The summed E-state index contributed by atoms with van der Waals surface area (Å²) in [4.78, 5) is 12.5. The van der Waals surface area contributed by atoms with Gasteiger partial charge in [-0.05, 0) is 43.3 Å². The van der Waals surface area contributed by atoms with Crippen LogP contribution in [0.5, 0.6) is 0 Å². The van der Waals surface area contributed by atoms with Crippen molar-refractivity contribution in [3.63, 3.8) is 0 Å². The number of rotatable bonds is 4. The molecule has 1 aromatic carbocycles. The first-order chi connectivity index (χ1) is 9.19. The number of hydrogen-bond acceptors (Lipinski definition) is 5. The van der Waals surface area contributed by atoms with Crippen LogP contribution in [0.3, 0.4) is 0 Å². The van der Waals surface area contributed by atoms with E-state index in [9.17, 15) is 4.79 Å². The SMILES string of the molecule is CCNC(=O)c1ccc(Sc2ccc(N)cc2)nn1. The smallest absolute Gasteiger partial charge is 0.271 e. The van der Waals surface area contributed by atoms with Crippen molar-refractivity contribution >= 4 is 23.4 Å². The van der Waals surface area contributed by atoms with E-state index in [1.807, 2.05) is 31.2 Å². The number of hydrogen-bond donors (Lipinski definition) is 2. The third-order valence-corrected chi connectivity index (χ3v) is 3.25. The maximum Gasteiger partial charge on any atom is 0.271 e. The quantitative estimate of drug-likeness (QED) is 0.833. The van der Waals surface area contributed by atoms with Crippen molar-refractivity contribution in [3.05, 3.63) is 42.1 Å². The van der Waals surface area contributed by atoms with E-state index in [1.54, 1.807) is 12.1 Å². The van der Waals surface area contributed by atoms with Gasteiger partial charge in [0.15, 0.2) is 5.69 Å². The summed E-state index contributed by atoms with van der Waals surface area (Å²) in [5, 5.41) is 11.3. The standard InChI is InChI=1S/C13H14N4OS/c1-2-15-13(18)11-7-8-12(17-16-11)19-10-5-3-9(14)4-6-10/h3-8H,2,14H2,1H3,(H,15,18). The number of nitrogen functional groups attached to an aromatic ring is 1. The fraction of sp³-hybridized carbons (Fsp3) is 0.154. The summed E-state index contributed by atoms with van der Waals surface area (Å²) < 4.78 is 0. The molecule has 1 amide bonds. The van der Waals surface area contributed by atoms with Gasteiger partial charge in [0.2, 0.25) is 0 Å². The van der Waals surface area contributed by atoms with Gasteiger partial charge in [0.25, 0.3) is 5.91 Å². The van der Waals surface area contributed by atoms with Gasteiger partial charge >= 0.3 is 0 Å². The lowest BCUT2D eigenvalue weighted by Gasteiger charge is -2.03. The third kappa shape index (κ3) is 3.69. The maximum absolute atomic E-state index is 11.5. The van der Waals surface area contributed by atoms with E-state index in [0.29, 0.717) is 12.2 Å². The molecule has 2 rings (SSSR count). The molecule has 0 aliphatic heterocycles. The summed E-state index contributed by atoms with van der Waals surface area (Å²) in [5.41, 5.74) is 6.67. The molecule has 19 heavy (non-hydrogen) atoms. The van der Waals surface area contributed by atoms with Gasteiger partial charge in [0.1, 0.15) is 5.03 Å². The average molecular weight is 274 g/mol. The van der Waals surface area contributed by atoms with E-state index in [4.69, 9.17) is 5.73 Å². The average Bonchev–Trinajstić information content (AvgIpc) is 2.42. The Morgan fingerprint density at radius 2 is 1.95 bits per heavy atom. The second kappa shape index (κ2) is 6.19. The lowest BCUT2D eigenvalue weighted by Crippen LogP contribution is -2.23. The summed E-state index contributed by atoms with van der Waals surface area (Å²) in [5.74, 6) is -0.209. The van der Waals surface area contributed by atoms with Crippen LogP contribution in [-0.4, -0.2) is 22.6 Å². The van der Waals surface area contributed by atoms with E-state index in [0.717, 1.165) is 15.6 Å². The molecule has 0 saturated carbocycles. The van der Waals surface area contributed by atoms with Crippen molar-refractivity contribution in [2.24, 2.45) is 0 Å². The minimum absolute atomic E-state index is 0.209. The molecule has 1 aromatic heterocycles. The highest BCUT2D eigenvalue weighted by atomic mass is 32.2. The minimum atomic E-state index is -0.209. The zero-order chi connectivity index (χ0) is 13.7. The maximum atomic E-state index is 11.5. The summed E-state index contributed by atoms with van der Waals surface area (Å²) >= 11 is 1.47. The zero-order valence-corrected chi connectivity index (χ0v) is 11.3. The van der Waals surface area contributed by atoms with Gasteiger partial charge in [0, 0.05) is 17.1 Å². The second-order valence-corrected chi connectivity index (χ2v) is 4.88. The molecule has 0 aliphatic carbocycles. The summed E-state index contributed by atoms with van der Waals surface area (Å²) in [6.45, 7) is 2.43. The second-order valence-electron chi connectivity index (χ2n) is 3.79. The Morgan fingerprint density at radius 1 is 1.21 bits per heavy atom. The van der Waals surface area contributed by atoms with Crippen LogP contribution in [0.15, 0.2) is 46.3 Å². The molecular formula is C13H14N4OS. The fourth-order valence-electron chi connectivity index (χ4n) is 1.40. The topological polar surface area (TPSA) is 80.9 Å². The number of nitrogens with one attached hydrogen (secondary N) is 1. The number of nitrogens with zero attached hydrogens (tertiary/aromatic N) is 2. The van der Waals surface area contributed by atoms with Crippen LogP contribution >= 0.6 is 11.8 Å². The Hall–Kier alpha value is -2.08. The summed E-state index contributed by atoms with van der Waals surface area (Å²) in [6.07, 6.45) is 0. The first kappa shape index (κ1) is 13.4. The van der Waals surface area contributed by atoms with Gasteiger partial charge in [0.05, 0.1) is 0 Å². The van der Waals surface area contributed by atoms with Crippen LogP contribution in [0.25, 0.3) is 0 Å². The molecule has 0 unspecified atom stereocenters. The number of amides is 1. The first-order valence-corrected chi connectivity index (χ1v) is 6.66. The fourth-order valence-corrected chi connectivity index (χ4v) is 2.13. The molecule has 5 nitrogen and oxygen atoms in total. The highest BCUT2D eigenvalue weighted by Gasteiger charge is 2.07. The van der Waals surface area contributed by atoms with E-state index < -0.39 is 0 Å². The van der Waals surface area contributed by atoms with Crippen LogP contribution in [0, 0.1) is 0 Å². The molecule has 0 radical (unpaired) electrons. The number of carbonyl (C=O) groups is 1. The Morgan fingerprint density at radius 3 is 2.53 bits per heavy atom. The van der Waals surface area contributed by atoms with Crippen LogP contribution in [-0.2, 0) is 0 Å². The lowest BCUT2D eigenvalue weighted by atomic mass is 10.3. The van der Waals surface area contributed by atoms with E-state index in [2.05, 4.69) is 15.5 Å². The molecule has 0 fully saturated rings. The molecule has 3 N–H and O–H groups in total. The summed E-state index contributed by atoms with van der Waals surface area (Å²) in [7, 11) is 0. The monoisotopic (exact) mass is 274 g/mol. The van der Waals surface area contributed by atoms with Gasteiger partial charge < -0.3 is 11.1 Å². The van der Waals surface area contributed by atoms with E-state index in [1.165, 1.54) is 11.8 Å². The number of anilines is 1. The molecule has 0 saturated heterocycles. The van der Waals surface area contributed by atoms with Gasteiger partial charge in [-0.2, -0.15) is 0 Å². The number of nitrogens with two attached hydrogens (primary N) is 1. The van der Waals surface area contributed by atoms with Gasteiger partial charge in [-0.15, -0.1) is 10.2 Å². The zero-order valence-electron chi connectivity index (χ0n) is 10.5. The van der Waals surface area contributed by atoms with Crippen molar-refractivity contribution in [1.29, 1.82) is 0 Å². The van der Waals surface area contributed by atoms with Gasteiger partial charge in [-0.3, -0.25) is 4.79 Å². The Balaban J connectivity index is 2.06. The number of carbonyl (C=O) groups excluding carboxylic acids is 1. The van der Waals surface area contributed by atoms with Crippen LogP contribution in [0.1, 0.15) is 17.4 Å². The third-order valence-electron chi connectivity index (χ3n) is 2.31. The van der Waals surface area contributed by atoms with Crippen molar-refractivity contribution in [3.8, 4) is 0 Å². The molecule has 0 aliphatic rings. The van der Waals surface area contributed by atoms with Gasteiger partial charge in [-0.1, -0.05) is 11.8 Å². The highest BCUT2D eigenvalue weighted by molar-refractivity contribution is 7.99. The van der Waals surface area contributed by atoms with Crippen molar-refractivity contribution in [1.82, 2.24) is 15.5 Å². The van der Waals surface area contributed by atoms with Crippen molar-refractivity contribution in [2.45, 2.75) is 16.8 Å². The Kier molecular flexibility index (Phi) is 4.35. The van der Waals surface area contributed by atoms with Crippen LogP contribution in [0.4, 0.5) is 5.69 Å². The molecule has 0 atom stereocenters. The van der Waals surface area contributed by atoms with Crippen LogP contribution < -0.4 is 11.1 Å². The predicted molar refractivity (Wildman–Crippen MR) is 75.0 cm³/mol. The molecule has 6 heteroatoms. The minimum Gasteiger partial charge on any atom is -0.399 e. The van der Waals surface area contributed by atoms with Crippen LogP contribution in [0.2, 0.25) is 0 Å².